The molecule has 1 aliphatic carbocycles. The van der Waals surface area contributed by atoms with Crippen LogP contribution in [0.15, 0.2) is 11.6 Å². The van der Waals surface area contributed by atoms with E-state index in [0.29, 0.717) is 12.9 Å². The molecule has 5 heteroatoms. The molecular weight excluding hydrogens is 248 g/mol. The number of allylic oxidation sites excluding steroid dienone is 1. The van der Waals surface area contributed by atoms with Crippen LogP contribution in [0.3, 0.4) is 0 Å². The lowest BCUT2D eigenvalue weighted by molar-refractivity contribution is -0.140. The summed E-state index contributed by atoms with van der Waals surface area (Å²) in [5.74, 6) is -0.107. The van der Waals surface area contributed by atoms with E-state index in [1.165, 1.54) is 7.11 Å². The van der Waals surface area contributed by atoms with Crippen molar-refractivity contribution in [3.63, 3.8) is 0 Å². The Morgan fingerprint density at radius 2 is 2.11 bits per heavy atom. The molecule has 0 N–H and O–H groups in total. The Balaban J connectivity index is 2.12. The standard InChI is InChI=1S/C14H20O5/c1-18-14(17)7-5-3-2-4-6-11-8-12(19-10-15)9-13(11)16/h8,10,12H,2-7,9H2,1H3/t12-/m0/s1. The van der Waals surface area contributed by atoms with Gasteiger partial charge in [0.25, 0.3) is 6.47 Å². The van der Waals surface area contributed by atoms with Crippen molar-refractivity contribution in [2.45, 2.75) is 51.0 Å². The fraction of sp³-hybridized carbons (Fsp3) is 0.643. The van der Waals surface area contributed by atoms with E-state index in [0.717, 1.165) is 37.7 Å². The normalized spacial score (nSPS) is 18.1. The minimum Gasteiger partial charge on any atom is -0.469 e. The summed E-state index contributed by atoms with van der Waals surface area (Å²) in [5, 5.41) is 0. The molecule has 0 spiro atoms. The molecule has 19 heavy (non-hydrogen) atoms. The van der Waals surface area contributed by atoms with E-state index >= 15 is 0 Å². The van der Waals surface area contributed by atoms with Crippen molar-refractivity contribution in [2.24, 2.45) is 0 Å². The number of carbonyl (C=O) groups is 3. The third-order valence-electron chi connectivity index (χ3n) is 3.17. The lowest BCUT2D eigenvalue weighted by Crippen LogP contribution is -2.07. The Bertz CT molecular complexity index is 359. The highest BCUT2D eigenvalue weighted by Gasteiger charge is 2.24. The molecule has 0 bridgehead atoms. The number of methoxy groups -OCH3 is 1. The molecule has 0 radical (unpaired) electrons. The van der Waals surface area contributed by atoms with Gasteiger partial charge in [-0.2, -0.15) is 0 Å². The van der Waals surface area contributed by atoms with E-state index in [9.17, 15) is 14.4 Å². The SMILES string of the molecule is COC(=O)CCCCCCC1=C[C@H](OC=O)CC1=O. The van der Waals surface area contributed by atoms with Gasteiger partial charge in [0.2, 0.25) is 0 Å². The van der Waals surface area contributed by atoms with Crippen LogP contribution in [-0.2, 0) is 23.9 Å². The summed E-state index contributed by atoms with van der Waals surface area (Å²) >= 11 is 0. The van der Waals surface area contributed by atoms with Crippen molar-refractivity contribution >= 4 is 18.2 Å². The largest absolute Gasteiger partial charge is 0.469 e. The van der Waals surface area contributed by atoms with Crippen LogP contribution in [0.5, 0.6) is 0 Å². The zero-order valence-electron chi connectivity index (χ0n) is 11.2. The van der Waals surface area contributed by atoms with E-state index in [4.69, 9.17) is 4.74 Å². The number of unbranched alkanes of at least 4 members (excludes halogenated alkanes) is 3. The first kappa shape index (κ1) is 15.4. The van der Waals surface area contributed by atoms with Crippen LogP contribution in [0.4, 0.5) is 0 Å². The highest BCUT2D eigenvalue weighted by Crippen LogP contribution is 2.22. The van der Waals surface area contributed by atoms with Crippen molar-refractivity contribution in [1.29, 1.82) is 0 Å². The third-order valence-corrected chi connectivity index (χ3v) is 3.17. The summed E-state index contributed by atoms with van der Waals surface area (Å²) in [6.45, 7) is 0.379. The lowest BCUT2D eigenvalue weighted by Gasteiger charge is -2.01. The number of Topliss-reactive ketones (excluding diaryl/α,β-unsaturated/α-hetero) is 1. The second kappa shape index (κ2) is 8.45. The summed E-state index contributed by atoms with van der Waals surface area (Å²) in [6.07, 6.45) is 6.46. The van der Waals surface area contributed by atoms with Gasteiger partial charge >= 0.3 is 5.97 Å². The highest BCUT2D eigenvalue weighted by molar-refractivity contribution is 5.98. The molecule has 0 amide bonds. The summed E-state index contributed by atoms with van der Waals surface area (Å²) in [5.41, 5.74) is 0.764. The van der Waals surface area contributed by atoms with Gasteiger partial charge in [-0.15, -0.1) is 0 Å². The molecule has 1 aliphatic rings. The summed E-state index contributed by atoms with van der Waals surface area (Å²) in [7, 11) is 1.39. The summed E-state index contributed by atoms with van der Waals surface area (Å²) in [4.78, 5) is 32.6. The minimum absolute atomic E-state index is 0.0708. The van der Waals surface area contributed by atoms with Gasteiger partial charge in [0, 0.05) is 6.42 Å². The van der Waals surface area contributed by atoms with Gasteiger partial charge in [0.15, 0.2) is 5.78 Å². The van der Waals surface area contributed by atoms with E-state index in [1.54, 1.807) is 6.08 Å². The Hall–Kier alpha value is -1.65. The van der Waals surface area contributed by atoms with Crippen molar-refractivity contribution in [1.82, 2.24) is 0 Å². The average Bonchev–Trinajstić information content (AvgIpc) is 2.74. The van der Waals surface area contributed by atoms with Crippen LogP contribution < -0.4 is 0 Å². The van der Waals surface area contributed by atoms with Crippen LogP contribution in [0.1, 0.15) is 44.9 Å². The van der Waals surface area contributed by atoms with Gasteiger partial charge in [-0.1, -0.05) is 12.8 Å². The molecule has 0 aromatic carbocycles. The first-order valence-electron chi connectivity index (χ1n) is 6.57. The van der Waals surface area contributed by atoms with E-state index in [2.05, 4.69) is 4.74 Å². The van der Waals surface area contributed by atoms with E-state index in [-0.39, 0.29) is 24.3 Å². The molecule has 0 heterocycles. The molecule has 0 aromatic rings. The molecular formula is C14H20O5. The molecule has 0 aromatic heterocycles. The quantitative estimate of drug-likeness (QED) is 0.363. The minimum atomic E-state index is -0.376. The third kappa shape index (κ3) is 5.68. The van der Waals surface area contributed by atoms with Crippen LogP contribution in [0, 0.1) is 0 Å². The number of esters is 1. The van der Waals surface area contributed by atoms with Gasteiger partial charge in [-0.25, -0.2) is 0 Å². The maximum absolute atomic E-state index is 11.6. The number of rotatable bonds is 9. The van der Waals surface area contributed by atoms with E-state index in [1.807, 2.05) is 0 Å². The van der Waals surface area contributed by atoms with Crippen LogP contribution in [-0.4, -0.2) is 31.4 Å². The summed E-state index contributed by atoms with van der Waals surface area (Å²) < 4.78 is 9.31. The molecule has 1 atom stereocenters. The molecule has 1 rings (SSSR count). The fourth-order valence-electron chi connectivity index (χ4n) is 2.11. The average molecular weight is 268 g/mol. The molecule has 106 valence electrons. The lowest BCUT2D eigenvalue weighted by atomic mass is 10.0. The van der Waals surface area contributed by atoms with Crippen molar-refractivity contribution < 1.29 is 23.9 Å². The van der Waals surface area contributed by atoms with Crippen LogP contribution in [0.25, 0.3) is 0 Å². The Kier molecular flexibility index (Phi) is 6.85. The zero-order valence-corrected chi connectivity index (χ0v) is 11.2. The van der Waals surface area contributed by atoms with Gasteiger partial charge < -0.3 is 9.47 Å². The van der Waals surface area contributed by atoms with Crippen molar-refractivity contribution in [3.8, 4) is 0 Å². The van der Waals surface area contributed by atoms with Crippen molar-refractivity contribution in [3.05, 3.63) is 11.6 Å². The zero-order chi connectivity index (χ0) is 14.1. The predicted molar refractivity (Wildman–Crippen MR) is 68.4 cm³/mol. The van der Waals surface area contributed by atoms with Gasteiger partial charge in [-0.3, -0.25) is 14.4 Å². The van der Waals surface area contributed by atoms with Crippen molar-refractivity contribution in [2.75, 3.05) is 7.11 Å². The van der Waals surface area contributed by atoms with Gasteiger partial charge in [0.1, 0.15) is 6.10 Å². The van der Waals surface area contributed by atoms with Gasteiger partial charge in [-0.05, 0) is 30.9 Å². The molecule has 0 unspecified atom stereocenters. The molecule has 0 saturated heterocycles. The van der Waals surface area contributed by atoms with Gasteiger partial charge in [0.05, 0.1) is 13.5 Å². The Morgan fingerprint density at radius 1 is 1.37 bits per heavy atom. The number of carbonyl (C=O) groups excluding carboxylic acids is 3. The fourth-order valence-corrected chi connectivity index (χ4v) is 2.11. The van der Waals surface area contributed by atoms with Crippen LogP contribution >= 0.6 is 0 Å². The second-order valence-electron chi connectivity index (χ2n) is 4.58. The first-order chi connectivity index (χ1) is 9.17. The van der Waals surface area contributed by atoms with Crippen LogP contribution in [0.2, 0.25) is 0 Å². The topological polar surface area (TPSA) is 69.7 Å². The summed E-state index contributed by atoms with van der Waals surface area (Å²) in [6, 6.07) is 0. The smallest absolute Gasteiger partial charge is 0.305 e. The highest BCUT2D eigenvalue weighted by atomic mass is 16.5. The number of hydrogen-bond donors (Lipinski definition) is 0. The number of ether oxygens (including phenoxy) is 2. The molecule has 0 aliphatic heterocycles. The Labute approximate surface area is 112 Å². The Morgan fingerprint density at radius 3 is 2.79 bits per heavy atom. The monoisotopic (exact) mass is 268 g/mol. The number of hydrogen-bond acceptors (Lipinski definition) is 5. The predicted octanol–water partition coefficient (Wildman–Crippen LogP) is 1.94. The molecule has 0 fully saturated rings. The number of ketones is 1. The maximum Gasteiger partial charge on any atom is 0.305 e. The molecule has 0 saturated carbocycles. The maximum atomic E-state index is 11.6. The molecule has 5 nitrogen and oxygen atoms in total. The van der Waals surface area contributed by atoms with E-state index < -0.39 is 0 Å². The second-order valence-corrected chi connectivity index (χ2v) is 4.58. The first-order valence-corrected chi connectivity index (χ1v) is 6.57.